The predicted molar refractivity (Wildman–Crippen MR) is 72.8 cm³/mol. The van der Waals surface area contributed by atoms with Gasteiger partial charge in [0.1, 0.15) is 5.69 Å². The lowest BCUT2D eigenvalue weighted by Crippen LogP contribution is -2.17. The molecule has 0 saturated carbocycles. The van der Waals surface area contributed by atoms with Crippen molar-refractivity contribution in [3.05, 3.63) is 51.5 Å². The van der Waals surface area contributed by atoms with E-state index in [1.54, 1.807) is 6.07 Å². The van der Waals surface area contributed by atoms with Gasteiger partial charge >= 0.3 is 0 Å². The maximum absolute atomic E-state index is 11.3. The third kappa shape index (κ3) is 2.62. The Balaban J connectivity index is 2.24. The molecule has 0 radical (unpaired) electrons. The Hall–Kier alpha value is -2.01. The first-order valence-corrected chi connectivity index (χ1v) is 5.81. The third-order valence-electron chi connectivity index (χ3n) is 2.59. The quantitative estimate of drug-likeness (QED) is 0.793. The van der Waals surface area contributed by atoms with Crippen LogP contribution >= 0.6 is 11.6 Å². The van der Waals surface area contributed by atoms with E-state index < -0.39 is 0 Å². The van der Waals surface area contributed by atoms with Crippen molar-refractivity contribution in [3.8, 4) is 0 Å². The average Bonchev–Trinajstić information content (AvgIpc) is 2.35. The molecule has 2 aromatic rings. The molecule has 0 aliphatic rings. The van der Waals surface area contributed by atoms with Crippen molar-refractivity contribution in [1.82, 2.24) is 9.97 Å². The molecule has 0 amide bonds. The van der Waals surface area contributed by atoms with Gasteiger partial charge in [0.15, 0.2) is 5.82 Å². The molecule has 1 aromatic carbocycles. The lowest BCUT2D eigenvalue weighted by atomic mass is 10.1. The fourth-order valence-electron chi connectivity index (χ4n) is 1.59. The van der Waals surface area contributed by atoms with E-state index >= 15 is 0 Å². The largest absolute Gasteiger partial charge is 0.391 e. The minimum Gasteiger partial charge on any atom is -0.391 e. The highest BCUT2D eigenvalue weighted by Gasteiger charge is 2.10. The summed E-state index contributed by atoms with van der Waals surface area (Å²) in [4.78, 5) is 17.7. The van der Waals surface area contributed by atoms with Gasteiger partial charge < -0.3 is 16.0 Å². The molecular formula is C12H13ClN4O. The average molecular weight is 265 g/mol. The van der Waals surface area contributed by atoms with Crippen LogP contribution < -0.4 is 16.6 Å². The van der Waals surface area contributed by atoms with E-state index in [0.717, 1.165) is 5.56 Å². The van der Waals surface area contributed by atoms with Crippen LogP contribution in [0.1, 0.15) is 18.5 Å². The zero-order chi connectivity index (χ0) is 13.1. The van der Waals surface area contributed by atoms with Gasteiger partial charge in [-0.25, -0.2) is 4.98 Å². The number of nitrogens with two attached hydrogens (primary N) is 1. The van der Waals surface area contributed by atoms with Gasteiger partial charge in [-0.1, -0.05) is 23.7 Å². The first kappa shape index (κ1) is 12.4. The molecule has 0 aliphatic heterocycles. The second-order valence-electron chi connectivity index (χ2n) is 3.91. The molecule has 1 unspecified atom stereocenters. The Morgan fingerprint density at radius 2 is 2.28 bits per heavy atom. The minimum atomic E-state index is -0.356. The number of hydrogen-bond donors (Lipinski definition) is 3. The number of benzene rings is 1. The highest BCUT2D eigenvalue weighted by molar-refractivity contribution is 6.30. The summed E-state index contributed by atoms with van der Waals surface area (Å²) in [5.74, 6) is 0.367. The lowest BCUT2D eigenvalue weighted by molar-refractivity contribution is 0.871. The Bertz CT molecular complexity index is 611. The van der Waals surface area contributed by atoms with E-state index in [9.17, 15) is 4.79 Å². The summed E-state index contributed by atoms with van der Waals surface area (Å²) in [5.41, 5.74) is 6.35. The molecule has 5 nitrogen and oxygen atoms in total. The number of aromatic amines is 1. The molecule has 4 N–H and O–H groups in total. The molecule has 0 saturated heterocycles. The first-order valence-electron chi connectivity index (χ1n) is 5.43. The van der Waals surface area contributed by atoms with Crippen LogP contribution in [-0.4, -0.2) is 9.97 Å². The van der Waals surface area contributed by atoms with E-state index in [1.807, 2.05) is 25.1 Å². The number of rotatable bonds is 3. The van der Waals surface area contributed by atoms with Gasteiger partial charge in [-0.3, -0.25) is 4.79 Å². The second kappa shape index (κ2) is 5.10. The van der Waals surface area contributed by atoms with Gasteiger partial charge in [0.05, 0.1) is 12.4 Å². The number of anilines is 2. The number of hydrogen-bond acceptors (Lipinski definition) is 4. The van der Waals surface area contributed by atoms with E-state index in [4.69, 9.17) is 17.3 Å². The lowest BCUT2D eigenvalue weighted by Gasteiger charge is -2.15. The van der Waals surface area contributed by atoms with E-state index in [0.29, 0.717) is 10.8 Å². The topological polar surface area (TPSA) is 83.8 Å². The summed E-state index contributed by atoms with van der Waals surface area (Å²) in [6, 6.07) is 7.40. The smallest absolute Gasteiger partial charge is 0.276 e. The van der Waals surface area contributed by atoms with Gasteiger partial charge in [-0.15, -0.1) is 0 Å². The maximum Gasteiger partial charge on any atom is 0.276 e. The molecule has 94 valence electrons. The Morgan fingerprint density at radius 3 is 3.00 bits per heavy atom. The minimum absolute atomic E-state index is 0.0553. The fourth-order valence-corrected chi connectivity index (χ4v) is 1.79. The van der Waals surface area contributed by atoms with Crippen LogP contribution in [0.5, 0.6) is 0 Å². The first-order chi connectivity index (χ1) is 8.58. The van der Waals surface area contributed by atoms with Crippen LogP contribution in [0.4, 0.5) is 11.5 Å². The Kier molecular flexibility index (Phi) is 3.53. The number of nitrogen functional groups attached to an aromatic ring is 1. The van der Waals surface area contributed by atoms with E-state index in [-0.39, 0.29) is 17.3 Å². The van der Waals surface area contributed by atoms with Gasteiger partial charge in [-0.05, 0) is 24.6 Å². The standard InChI is InChI=1S/C12H13ClN4O/c1-7(8-3-2-4-9(13)5-8)17-11-10(14)12(18)16-6-15-11/h2-7H,14H2,1H3,(H2,15,16,17,18). The molecule has 1 atom stereocenters. The van der Waals surface area contributed by atoms with E-state index in [2.05, 4.69) is 15.3 Å². The van der Waals surface area contributed by atoms with Crippen LogP contribution in [0.3, 0.4) is 0 Å². The van der Waals surface area contributed by atoms with Crippen molar-refractivity contribution in [2.45, 2.75) is 13.0 Å². The predicted octanol–water partition coefficient (Wildman–Crippen LogP) is 2.18. The molecule has 0 aliphatic carbocycles. The fraction of sp³-hybridized carbons (Fsp3) is 0.167. The molecule has 1 aromatic heterocycles. The summed E-state index contributed by atoms with van der Waals surface area (Å²) in [7, 11) is 0. The van der Waals surface area contributed by atoms with Crippen LogP contribution in [0, 0.1) is 0 Å². The summed E-state index contributed by atoms with van der Waals surface area (Å²) in [6.07, 6.45) is 1.31. The van der Waals surface area contributed by atoms with Crippen molar-refractivity contribution < 1.29 is 0 Å². The molecule has 0 bridgehead atoms. The van der Waals surface area contributed by atoms with Crippen molar-refractivity contribution in [2.24, 2.45) is 0 Å². The summed E-state index contributed by atoms with van der Waals surface area (Å²) >= 11 is 5.93. The Labute approximate surface area is 109 Å². The molecule has 6 heteroatoms. The van der Waals surface area contributed by atoms with Crippen molar-refractivity contribution in [2.75, 3.05) is 11.1 Å². The van der Waals surface area contributed by atoms with Gasteiger partial charge in [0.2, 0.25) is 0 Å². The van der Waals surface area contributed by atoms with Crippen LogP contribution in [0.25, 0.3) is 0 Å². The number of H-pyrrole nitrogens is 1. The van der Waals surface area contributed by atoms with Crippen molar-refractivity contribution in [1.29, 1.82) is 0 Å². The molecule has 2 rings (SSSR count). The molecule has 0 spiro atoms. The molecule has 0 fully saturated rings. The molecule has 18 heavy (non-hydrogen) atoms. The SMILES string of the molecule is CC(Nc1nc[nH]c(=O)c1N)c1cccc(Cl)c1. The zero-order valence-corrected chi connectivity index (χ0v) is 10.5. The van der Waals surface area contributed by atoms with Gasteiger partial charge in [0.25, 0.3) is 5.56 Å². The van der Waals surface area contributed by atoms with Crippen LogP contribution in [0.15, 0.2) is 35.4 Å². The maximum atomic E-state index is 11.3. The van der Waals surface area contributed by atoms with Gasteiger partial charge in [0, 0.05) is 5.02 Å². The van der Waals surface area contributed by atoms with Crippen LogP contribution in [0.2, 0.25) is 5.02 Å². The van der Waals surface area contributed by atoms with Crippen molar-refractivity contribution >= 4 is 23.1 Å². The summed E-state index contributed by atoms with van der Waals surface area (Å²) < 4.78 is 0. The second-order valence-corrected chi connectivity index (χ2v) is 4.35. The number of nitrogens with zero attached hydrogens (tertiary/aromatic N) is 1. The monoisotopic (exact) mass is 264 g/mol. The number of aromatic nitrogens is 2. The highest BCUT2D eigenvalue weighted by atomic mass is 35.5. The summed E-state index contributed by atoms with van der Waals surface area (Å²) in [5, 5.41) is 3.74. The van der Waals surface area contributed by atoms with Crippen LogP contribution in [-0.2, 0) is 0 Å². The van der Waals surface area contributed by atoms with Crippen molar-refractivity contribution in [3.63, 3.8) is 0 Å². The molecular weight excluding hydrogens is 252 g/mol. The number of nitrogens with one attached hydrogen (secondary N) is 2. The van der Waals surface area contributed by atoms with E-state index in [1.165, 1.54) is 6.33 Å². The van der Waals surface area contributed by atoms with Gasteiger partial charge in [-0.2, -0.15) is 0 Å². The number of halogens is 1. The molecule has 1 heterocycles. The highest BCUT2D eigenvalue weighted by Crippen LogP contribution is 2.21. The zero-order valence-electron chi connectivity index (χ0n) is 9.77. The summed E-state index contributed by atoms with van der Waals surface area (Å²) in [6.45, 7) is 1.94. The Morgan fingerprint density at radius 1 is 1.50 bits per heavy atom. The normalized spacial score (nSPS) is 12.1. The third-order valence-corrected chi connectivity index (χ3v) is 2.83.